The molecule has 186 valence electrons. The summed E-state index contributed by atoms with van der Waals surface area (Å²) >= 11 is 6.13. The molecule has 1 spiro atoms. The van der Waals surface area contributed by atoms with E-state index in [1.54, 1.807) is 0 Å². The summed E-state index contributed by atoms with van der Waals surface area (Å²) in [5.41, 5.74) is 4.61. The van der Waals surface area contributed by atoms with E-state index in [9.17, 15) is 4.79 Å². The zero-order valence-corrected chi connectivity index (χ0v) is 22.0. The molecule has 2 saturated heterocycles. The zero-order chi connectivity index (χ0) is 24.6. The van der Waals surface area contributed by atoms with Crippen molar-refractivity contribution >= 4 is 28.8 Å². The number of rotatable bonds is 4. The Morgan fingerprint density at radius 1 is 1.00 bits per heavy atom. The van der Waals surface area contributed by atoms with Gasteiger partial charge in [-0.05, 0) is 106 Å². The van der Waals surface area contributed by atoms with E-state index in [2.05, 4.69) is 40.1 Å². The highest BCUT2D eigenvalue weighted by Gasteiger charge is 2.47. The van der Waals surface area contributed by atoms with Crippen LogP contribution in [0.25, 0.3) is 5.57 Å². The summed E-state index contributed by atoms with van der Waals surface area (Å²) in [6, 6.07) is 16.8. The number of hydrogen-bond donors (Lipinski definition) is 0. The van der Waals surface area contributed by atoms with Crippen molar-refractivity contribution in [3.05, 3.63) is 70.8 Å². The fourth-order valence-electron chi connectivity index (χ4n) is 5.93. The van der Waals surface area contributed by atoms with Crippen molar-refractivity contribution in [1.29, 1.82) is 0 Å². The van der Waals surface area contributed by atoms with E-state index in [1.165, 1.54) is 62.0 Å². The Morgan fingerprint density at radius 2 is 1.66 bits per heavy atom. The van der Waals surface area contributed by atoms with E-state index in [0.29, 0.717) is 17.0 Å². The smallest absolute Gasteiger partial charge is 0.338 e. The molecule has 2 heterocycles. The molecule has 0 N–H and O–H groups in total. The lowest BCUT2D eigenvalue weighted by Gasteiger charge is -2.57. The van der Waals surface area contributed by atoms with Gasteiger partial charge >= 0.3 is 5.97 Å². The van der Waals surface area contributed by atoms with Gasteiger partial charge in [0.2, 0.25) is 0 Å². The molecule has 4 nitrogen and oxygen atoms in total. The van der Waals surface area contributed by atoms with Crippen LogP contribution in [0.4, 0.5) is 5.69 Å². The quantitative estimate of drug-likeness (QED) is 0.438. The molecule has 2 aromatic carbocycles. The normalized spacial score (nSPS) is 22.5. The number of allylic oxidation sites excluding steroid dienone is 1. The third-order valence-electron chi connectivity index (χ3n) is 7.79. The number of anilines is 1. The van der Waals surface area contributed by atoms with Crippen LogP contribution in [-0.4, -0.2) is 48.7 Å². The minimum absolute atomic E-state index is 0.258. The lowest BCUT2D eigenvalue weighted by Crippen LogP contribution is -2.63. The minimum Gasteiger partial charge on any atom is -0.456 e. The highest BCUT2D eigenvalue weighted by atomic mass is 35.5. The summed E-state index contributed by atoms with van der Waals surface area (Å²) in [6.07, 6.45) is 8.61. The Labute approximate surface area is 214 Å². The molecule has 1 atom stereocenters. The number of benzene rings is 2. The highest BCUT2D eigenvalue weighted by Crippen LogP contribution is 2.45. The first-order valence-corrected chi connectivity index (χ1v) is 13.4. The van der Waals surface area contributed by atoms with Crippen LogP contribution < -0.4 is 4.90 Å². The van der Waals surface area contributed by atoms with Crippen molar-refractivity contribution in [2.75, 3.05) is 31.1 Å². The summed E-state index contributed by atoms with van der Waals surface area (Å²) in [6.45, 7) is 10.2. The Kier molecular flexibility index (Phi) is 6.71. The van der Waals surface area contributed by atoms with Crippen molar-refractivity contribution in [1.82, 2.24) is 4.90 Å². The Hall–Kier alpha value is -2.30. The van der Waals surface area contributed by atoms with Crippen LogP contribution in [0.15, 0.2) is 54.6 Å². The van der Waals surface area contributed by atoms with Gasteiger partial charge in [0.15, 0.2) is 0 Å². The molecule has 0 amide bonds. The Bertz CT molecular complexity index is 1070. The number of piperidine rings is 1. The first-order valence-electron chi connectivity index (χ1n) is 13.0. The van der Waals surface area contributed by atoms with Gasteiger partial charge in [0.1, 0.15) is 5.60 Å². The molecule has 0 radical (unpaired) electrons. The van der Waals surface area contributed by atoms with E-state index in [1.807, 2.05) is 45.0 Å². The van der Waals surface area contributed by atoms with Crippen LogP contribution in [0.2, 0.25) is 5.02 Å². The van der Waals surface area contributed by atoms with Crippen LogP contribution in [0, 0.1) is 5.41 Å². The maximum absolute atomic E-state index is 12.3. The number of likely N-dealkylation sites (tertiary alicyclic amines) is 1. The molecule has 2 aliphatic heterocycles. The zero-order valence-electron chi connectivity index (χ0n) is 21.2. The first kappa shape index (κ1) is 24.4. The molecular formula is C30H37ClN2O2. The van der Waals surface area contributed by atoms with Crippen molar-refractivity contribution in [3.63, 3.8) is 0 Å². The van der Waals surface area contributed by atoms with Crippen LogP contribution >= 0.6 is 11.6 Å². The van der Waals surface area contributed by atoms with Gasteiger partial charge in [0, 0.05) is 42.9 Å². The van der Waals surface area contributed by atoms with Gasteiger partial charge in [-0.2, -0.15) is 0 Å². The van der Waals surface area contributed by atoms with Gasteiger partial charge in [-0.1, -0.05) is 29.8 Å². The van der Waals surface area contributed by atoms with Gasteiger partial charge in [-0.15, -0.1) is 0 Å². The third kappa shape index (κ3) is 5.44. The summed E-state index contributed by atoms with van der Waals surface area (Å²) in [5.74, 6) is -0.258. The molecule has 3 aliphatic rings. The monoisotopic (exact) mass is 492 g/mol. The van der Waals surface area contributed by atoms with Crippen LogP contribution in [0.3, 0.4) is 0 Å². The van der Waals surface area contributed by atoms with E-state index >= 15 is 0 Å². The molecular weight excluding hydrogens is 456 g/mol. The summed E-state index contributed by atoms with van der Waals surface area (Å²) in [7, 11) is 0. The lowest BCUT2D eigenvalue weighted by atomic mass is 9.70. The Balaban J connectivity index is 1.16. The average Bonchev–Trinajstić information content (AvgIpc) is 2.82. The molecule has 0 saturated carbocycles. The van der Waals surface area contributed by atoms with Gasteiger partial charge in [-0.3, -0.25) is 4.90 Å². The predicted octanol–water partition coefficient (Wildman–Crippen LogP) is 6.83. The van der Waals surface area contributed by atoms with Gasteiger partial charge in [0.05, 0.1) is 5.56 Å². The van der Waals surface area contributed by atoms with E-state index in [-0.39, 0.29) is 5.97 Å². The minimum atomic E-state index is -0.476. The van der Waals surface area contributed by atoms with Crippen LogP contribution in [0.5, 0.6) is 0 Å². The number of carbonyl (C=O) groups excluding carboxylic acids is 1. The number of nitrogens with zero attached hydrogens (tertiary/aromatic N) is 2. The third-order valence-corrected chi connectivity index (χ3v) is 8.04. The lowest BCUT2D eigenvalue weighted by molar-refractivity contribution is -0.0358. The van der Waals surface area contributed by atoms with Crippen molar-refractivity contribution < 1.29 is 9.53 Å². The summed E-state index contributed by atoms with van der Waals surface area (Å²) in [4.78, 5) is 17.5. The average molecular weight is 493 g/mol. The maximum Gasteiger partial charge on any atom is 0.338 e. The molecule has 5 rings (SSSR count). The molecule has 0 aromatic heterocycles. The predicted molar refractivity (Wildman–Crippen MR) is 144 cm³/mol. The van der Waals surface area contributed by atoms with Gasteiger partial charge in [-0.25, -0.2) is 4.79 Å². The SMILES string of the molecule is CC(C)(C)OC(=O)c1ccc(N2CCC3(CC2)CN(C2CCCC=C2c2ccc(Cl)cc2)C3)cc1. The van der Waals surface area contributed by atoms with Crippen LogP contribution in [-0.2, 0) is 4.74 Å². The number of halogens is 1. The molecule has 1 unspecified atom stereocenters. The largest absolute Gasteiger partial charge is 0.456 e. The van der Waals surface area contributed by atoms with Crippen molar-refractivity contribution in [2.45, 2.75) is 64.5 Å². The summed E-state index contributed by atoms with van der Waals surface area (Å²) in [5, 5.41) is 0.802. The number of carbonyl (C=O) groups is 1. The molecule has 2 fully saturated rings. The molecule has 2 aromatic rings. The Morgan fingerprint density at radius 3 is 2.29 bits per heavy atom. The van der Waals surface area contributed by atoms with E-state index in [0.717, 1.165) is 18.1 Å². The van der Waals surface area contributed by atoms with E-state index < -0.39 is 5.60 Å². The summed E-state index contributed by atoms with van der Waals surface area (Å²) < 4.78 is 5.49. The van der Waals surface area contributed by atoms with E-state index in [4.69, 9.17) is 16.3 Å². The maximum atomic E-state index is 12.3. The van der Waals surface area contributed by atoms with Gasteiger partial charge < -0.3 is 9.64 Å². The molecule has 0 bridgehead atoms. The number of hydrogen-bond acceptors (Lipinski definition) is 4. The highest BCUT2D eigenvalue weighted by molar-refractivity contribution is 6.30. The van der Waals surface area contributed by atoms with Crippen molar-refractivity contribution in [2.24, 2.45) is 5.41 Å². The molecule has 5 heteroatoms. The molecule has 35 heavy (non-hydrogen) atoms. The second-order valence-electron chi connectivity index (χ2n) is 11.6. The fraction of sp³-hybridized carbons (Fsp3) is 0.500. The topological polar surface area (TPSA) is 32.8 Å². The van der Waals surface area contributed by atoms with Gasteiger partial charge in [0.25, 0.3) is 0 Å². The molecule has 1 aliphatic carbocycles. The number of ether oxygens (including phenoxy) is 1. The first-order chi connectivity index (χ1) is 16.7. The second-order valence-corrected chi connectivity index (χ2v) is 12.0. The second kappa shape index (κ2) is 9.63. The van der Waals surface area contributed by atoms with Crippen molar-refractivity contribution in [3.8, 4) is 0 Å². The number of esters is 1. The fourth-order valence-corrected chi connectivity index (χ4v) is 6.05. The van der Waals surface area contributed by atoms with Crippen LogP contribution in [0.1, 0.15) is 68.8 Å². The standard InChI is InChI=1S/C30H37ClN2O2/c1-29(2,3)35-28(34)23-10-14-25(15-11-23)32-18-16-30(17-19-32)20-33(21-30)27-7-5-4-6-26(27)22-8-12-24(31)13-9-22/h6,8-15,27H,4-5,7,16-21H2,1-3H3.